The number of esters is 2. The van der Waals surface area contributed by atoms with Crippen molar-refractivity contribution < 1.29 is 52.7 Å². The number of rotatable bonds is 1. The highest BCUT2D eigenvalue weighted by molar-refractivity contribution is 5.99. The Morgan fingerprint density at radius 3 is 2.55 bits per heavy atom. The van der Waals surface area contributed by atoms with Gasteiger partial charge in [-0.15, -0.1) is 0 Å². The molecule has 3 saturated carbocycles. The van der Waals surface area contributed by atoms with Crippen LogP contribution in [0.2, 0.25) is 0 Å². The molecule has 0 radical (unpaired) electrons. The number of methoxy groups -OCH3 is 1. The Labute approximate surface area is 230 Å². The number of ether oxygens (including phenoxy) is 6. The minimum atomic E-state index is -2.21. The van der Waals surface area contributed by atoms with Gasteiger partial charge >= 0.3 is 11.9 Å². The molecule has 6 heterocycles. The van der Waals surface area contributed by atoms with Gasteiger partial charge in [0.05, 0.1) is 36.1 Å². The minimum absolute atomic E-state index is 0.0238. The van der Waals surface area contributed by atoms with Crippen LogP contribution in [0, 0.1) is 34.5 Å². The van der Waals surface area contributed by atoms with Crippen molar-refractivity contribution in [2.24, 2.45) is 34.5 Å². The number of Topliss-reactive ketones (excluding diaryl/α,β-unsaturated/α-hetero) is 2. The molecule has 0 aromatic heterocycles. The highest BCUT2D eigenvalue weighted by Crippen LogP contribution is 2.77. The van der Waals surface area contributed by atoms with Crippen molar-refractivity contribution in [1.82, 2.24) is 0 Å². The molecule has 3 spiro atoms. The molecule has 6 saturated heterocycles. The molecule has 6 aliphatic heterocycles. The van der Waals surface area contributed by atoms with Crippen LogP contribution in [0.25, 0.3) is 0 Å². The highest BCUT2D eigenvalue weighted by atomic mass is 16.8. The minimum Gasteiger partial charge on any atom is -0.458 e. The van der Waals surface area contributed by atoms with Gasteiger partial charge in [0.15, 0.2) is 22.6 Å². The lowest BCUT2D eigenvalue weighted by atomic mass is 9.46. The van der Waals surface area contributed by atoms with Crippen molar-refractivity contribution in [2.75, 3.05) is 13.7 Å². The number of carbonyl (C=O) groups is 4. The number of aliphatic hydroxyl groups is 1. The summed E-state index contributed by atoms with van der Waals surface area (Å²) in [4.78, 5) is 56.2. The Morgan fingerprint density at radius 1 is 1.02 bits per heavy atom. The van der Waals surface area contributed by atoms with Crippen molar-refractivity contribution >= 4 is 23.5 Å². The number of fused-ring (bicyclic) bond motifs is 4. The number of ketones is 2. The second-order valence-corrected chi connectivity index (χ2v) is 14.5. The predicted molar refractivity (Wildman–Crippen MR) is 128 cm³/mol. The molecule has 11 heteroatoms. The molecule has 11 nitrogen and oxygen atoms in total. The van der Waals surface area contributed by atoms with E-state index in [2.05, 4.69) is 0 Å². The summed E-state index contributed by atoms with van der Waals surface area (Å²) >= 11 is 0. The van der Waals surface area contributed by atoms with Crippen LogP contribution in [0.15, 0.2) is 0 Å². The quantitative estimate of drug-likeness (QED) is 0.357. The van der Waals surface area contributed by atoms with Gasteiger partial charge in [-0.25, -0.2) is 4.79 Å². The van der Waals surface area contributed by atoms with Gasteiger partial charge < -0.3 is 33.5 Å². The Balaban J connectivity index is 1.30. The van der Waals surface area contributed by atoms with Gasteiger partial charge in [0.2, 0.25) is 5.79 Å². The van der Waals surface area contributed by atoms with E-state index < -0.39 is 80.7 Å². The molecule has 0 aromatic rings. The summed E-state index contributed by atoms with van der Waals surface area (Å²) in [6.07, 6.45) is 0.203. The maximum Gasteiger partial charge on any atom is 0.342 e. The third-order valence-electron chi connectivity index (χ3n) is 13.6. The van der Waals surface area contributed by atoms with Crippen LogP contribution in [0.3, 0.4) is 0 Å². The lowest BCUT2D eigenvalue weighted by Crippen LogP contribution is -2.79. The van der Waals surface area contributed by atoms with Gasteiger partial charge in [-0.1, -0.05) is 6.92 Å². The largest absolute Gasteiger partial charge is 0.458 e. The average molecular weight is 559 g/mol. The van der Waals surface area contributed by atoms with E-state index in [9.17, 15) is 19.5 Å². The first-order valence-corrected chi connectivity index (χ1v) is 14.6. The fourth-order valence-electron chi connectivity index (χ4n) is 11.5. The fourth-order valence-corrected chi connectivity index (χ4v) is 11.5. The Morgan fingerprint density at radius 2 is 1.80 bits per heavy atom. The van der Waals surface area contributed by atoms with Gasteiger partial charge in [0.25, 0.3) is 0 Å². The number of hydrogen-bond donors (Lipinski definition) is 1. The smallest absolute Gasteiger partial charge is 0.342 e. The van der Waals surface area contributed by atoms with Crippen molar-refractivity contribution in [1.29, 1.82) is 0 Å². The van der Waals surface area contributed by atoms with E-state index in [1.807, 2.05) is 13.8 Å². The van der Waals surface area contributed by atoms with E-state index in [0.29, 0.717) is 12.8 Å². The summed E-state index contributed by atoms with van der Waals surface area (Å²) < 4.78 is 37.4. The predicted octanol–water partition coefficient (Wildman–Crippen LogP) is 0.617. The zero-order valence-electron chi connectivity index (χ0n) is 23.0. The summed E-state index contributed by atoms with van der Waals surface area (Å²) in [5.41, 5.74) is -8.36. The number of epoxide rings is 1. The first-order chi connectivity index (χ1) is 18.8. The molecule has 9 fully saturated rings. The van der Waals surface area contributed by atoms with Crippen LogP contribution < -0.4 is 0 Å². The summed E-state index contributed by atoms with van der Waals surface area (Å²) in [5, 5.41) is 12.5. The fraction of sp³-hybridized carbons (Fsp3) is 0.862. The van der Waals surface area contributed by atoms with Crippen LogP contribution >= 0.6 is 0 Å². The van der Waals surface area contributed by atoms with E-state index in [1.165, 1.54) is 0 Å². The lowest BCUT2D eigenvalue weighted by molar-refractivity contribution is -0.376. The van der Waals surface area contributed by atoms with Crippen LogP contribution in [0.1, 0.15) is 59.3 Å². The number of carbonyl (C=O) groups excluding carboxylic acids is 4. The van der Waals surface area contributed by atoms with Crippen molar-refractivity contribution in [3.8, 4) is 0 Å². The Bertz CT molecular complexity index is 1350. The van der Waals surface area contributed by atoms with Gasteiger partial charge in [-0.2, -0.15) is 0 Å². The topological polar surface area (TPSA) is 147 Å². The molecule has 40 heavy (non-hydrogen) atoms. The first kappa shape index (κ1) is 24.7. The maximum atomic E-state index is 15.0. The SMILES string of the molecule is CO[C@@H]1CC(=O)[C@]2(C)[C@H]3CC[C@@]4(O)C(=O)O[C@@]5(C)[C@H]6C[C@]7(C)[C@@H](CO[C@@]8(O[C@]45[C@H]7C8=O)[C@@H]3C[C@H]3O[C@]32C1)C(=O)O6. The molecule has 0 aromatic carbocycles. The van der Waals surface area contributed by atoms with Gasteiger partial charge in [0, 0.05) is 25.9 Å². The molecule has 0 amide bonds. The second-order valence-electron chi connectivity index (χ2n) is 14.5. The molecule has 1 N–H and O–H groups in total. The van der Waals surface area contributed by atoms with E-state index in [0.717, 1.165) is 0 Å². The lowest BCUT2D eigenvalue weighted by Gasteiger charge is -2.63. The van der Waals surface area contributed by atoms with Crippen molar-refractivity contribution in [3.05, 3.63) is 0 Å². The van der Waals surface area contributed by atoms with E-state index in [1.54, 1.807) is 14.0 Å². The third-order valence-corrected chi connectivity index (χ3v) is 13.6. The highest BCUT2D eigenvalue weighted by Gasteiger charge is 2.94. The summed E-state index contributed by atoms with van der Waals surface area (Å²) in [5.74, 6) is -6.57. The normalized spacial score (nSPS) is 63.8. The molecule has 9 aliphatic rings. The molecular weight excluding hydrogens is 524 g/mol. The monoisotopic (exact) mass is 558 g/mol. The number of hydrogen-bond acceptors (Lipinski definition) is 11. The van der Waals surface area contributed by atoms with Crippen LogP contribution in [-0.4, -0.2) is 88.8 Å². The molecular formula is C29H34O11. The van der Waals surface area contributed by atoms with Gasteiger partial charge in [-0.3, -0.25) is 14.4 Å². The van der Waals surface area contributed by atoms with Gasteiger partial charge in [0.1, 0.15) is 17.5 Å². The van der Waals surface area contributed by atoms with Gasteiger partial charge in [-0.05, 0) is 50.9 Å². The standard InChI is InChI=1S/C29H34O11/c1-23-10-18-25(3)29-19(23)20(31)28(40-29,36-11-15(23)21(32)37-18)14-8-17-27(38-17)9-12(35-4)7-16(30)24(27,2)13(14)5-6-26(29,34)22(33)39-25/h12-15,17-19,34H,5-11H2,1-4H3/t12-,13+,14-,15+,17-,18-,19+,23-,24+,25+,26-,27-,28-,29+/m1/s1. The third kappa shape index (κ3) is 2.05. The first-order valence-electron chi connectivity index (χ1n) is 14.6. The zero-order valence-corrected chi connectivity index (χ0v) is 23.0. The van der Waals surface area contributed by atoms with E-state index in [4.69, 9.17) is 28.4 Å². The molecule has 5 bridgehead atoms. The molecule has 14 atom stereocenters. The Kier molecular flexibility index (Phi) is 4.02. The molecule has 9 rings (SSSR count). The molecule has 0 unspecified atom stereocenters. The van der Waals surface area contributed by atoms with E-state index in [-0.39, 0.29) is 56.1 Å². The van der Waals surface area contributed by atoms with Crippen molar-refractivity contribution in [2.45, 2.75) is 106 Å². The van der Waals surface area contributed by atoms with Crippen LogP contribution in [0.5, 0.6) is 0 Å². The van der Waals surface area contributed by atoms with Crippen LogP contribution in [-0.2, 0) is 47.6 Å². The zero-order chi connectivity index (χ0) is 28.0. The molecule has 216 valence electrons. The molecule has 3 aliphatic carbocycles. The summed E-state index contributed by atoms with van der Waals surface area (Å²) in [6, 6.07) is 0. The maximum absolute atomic E-state index is 15.0. The van der Waals surface area contributed by atoms with Crippen molar-refractivity contribution in [3.63, 3.8) is 0 Å². The Hall–Kier alpha value is -1.92. The summed E-state index contributed by atoms with van der Waals surface area (Å²) in [6.45, 7) is 5.28. The second kappa shape index (κ2) is 6.51. The van der Waals surface area contributed by atoms with E-state index >= 15 is 4.79 Å². The summed E-state index contributed by atoms with van der Waals surface area (Å²) in [7, 11) is 1.59. The average Bonchev–Trinajstić information content (AvgIpc) is 3.49. The van der Waals surface area contributed by atoms with Crippen LogP contribution in [0.4, 0.5) is 0 Å².